The molecule has 77 valence electrons. The maximum atomic E-state index is 8.52. The van der Waals surface area contributed by atoms with Crippen LogP contribution in [0.5, 0.6) is 0 Å². The average Bonchev–Trinajstić information content (AvgIpc) is 1.59. The van der Waals surface area contributed by atoms with Crippen LogP contribution in [0.3, 0.4) is 0 Å². The molecule has 0 unspecified atom stereocenters. The molecule has 0 atom stereocenters. The van der Waals surface area contributed by atoms with Crippen LogP contribution in [-0.2, 0) is 17.1 Å². The summed E-state index contributed by atoms with van der Waals surface area (Å²) in [6, 6.07) is 0. The van der Waals surface area contributed by atoms with Crippen molar-refractivity contribution in [3.63, 3.8) is 0 Å². The van der Waals surface area contributed by atoms with Crippen LogP contribution in [0.25, 0.3) is 4.85 Å². The molecule has 0 bridgehead atoms. The first-order valence-electron chi connectivity index (χ1n) is 3.67. The van der Waals surface area contributed by atoms with Crippen LogP contribution < -0.4 is 0 Å². The first-order valence-corrected chi connectivity index (χ1v) is 3.67. The molecule has 0 aliphatic carbocycles. The van der Waals surface area contributed by atoms with Crippen molar-refractivity contribution in [3.05, 3.63) is 11.4 Å². The van der Waals surface area contributed by atoms with Crippen molar-refractivity contribution in [2.24, 2.45) is 0 Å². The molecular weight excluding hydrogens is 202 g/mol. The van der Waals surface area contributed by atoms with Gasteiger partial charge in [-0.2, -0.15) is 0 Å². The summed E-state index contributed by atoms with van der Waals surface area (Å²) < 4.78 is 0. The van der Waals surface area contributed by atoms with E-state index in [0.717, 1.165) is 0 Å². The molecule has 0 spiro atoms. The van der Waals surface area contributed by atoms with Crippen LogP contribution in [0.1, 0.15) is 41.5 Å². The van der Waals surface area contributed by atoms with E-state index in [-0.39, 0.29) is 22.6 Å². The molecule has 0 aliphatic heterocycles. The molecule has 0 heterocycles. The van der Waals surface area contributed by atoms with Gasteiger partial charge in [-0.05, 0) is 20.8 Å². The normalized spacial score (nSPS) is 10.2. The maximum absolute atomic E-state index is 8.52. The van der Waals surface area contributed by atoms with Gasteiger partial charge in [-0.25, -0.2) is 6.57 Å². The first-order chi connectivity index (χ1) is 4.56. The molecule has 0 fully saturated rings. The molecule has 0 rings (SSSR count). The van der Waals surface area contributed by atoms with E-state index >= 15 is 0 Å². The van der Waals surface area contributed by atoms with E-state index in [9.17, 15) is 0 Å². The molecule has 1 N–H and O–H groups in total. The van der Waals surface area contributed by atoms with Crippen LogP contribution in [0.15, 0.2) is 0 Å². The Morgan fingerprint density at radius 1 is 1.00 bits per heavy atom. The Morgan fingerprint density at radius 3 is 1.08 bits per heavy atom. The van der Waals surface area contributed by atoms with Gasteiger partial charge in [0.05, 0.1) is 5.60 Å². The van der Waals surface area contributed by atoms with Gasteiger partial charge < -0.3 is 9.95 Å². The van der Waals surface area contributed by atoms with Crippen LogP contribution >= 0.6 is 0 Å². The molecule has 0 saturated heterocycles. The molecule has 2 nitrogen and oxygen atoms in total. The molecule has 0 saturated carbocycles. The standard InChI is InChI=1S/C5H9N.C4H10O.Cu/c1-5(2,3)6-4;1-4(2,3)5;/h1-3H3;5H,1-3H3;. The summed E-state index contributed by atoms with van der Waals surface area (Å²) in [5.74, 6) is 0. The number of hydrogen-bond acceptors (Lipinski definition) is 1. The second-order valence-electron chi connectivity index (χ2n) is 4.45. The molecule has 0 aromatic carbocycles. The molecule has 12 heavy (non-hydrogen) atoms. The summed E-state index contributed by atoms with van der Waals surface area (Å²) >= 11 is 0. The Morgan fingerprint density at radius 2 is 1.08 bits per heavy atom. The van der Waals surface area contributed by atoms with Crippen molar-refractivity contribution in [3.8, 4) is 0 Å². The summed E-state index contributed by atoms with van der Waals surface area (Å²) in [5, 5.41) is 8.52. The third-order valence-corrected chi connectivity index (χ3v) is 0.335. The van der Waals surface area contributed by atoms with Crippen molar-refractivity contribution in [1.82, 2.24) is 0 Å². The fraction of sp³-hybridized carbons (Fsp3) is 0.889. The molecule has 0 amide bonds. The minimum atomic E-state index is -0.500. The van der Waals surface area contributed by atoms with E-state index in [1.54, 1.807) is 20.8 Å². The van der Waals surface area contributed by atoms with Crippen molar-refractivity contribution < 1.29 is 22.2 Å². The Labute approximate surface area is 86.7 Å². The van der Waals surface area contributed by atoms with Crippen molar-refractivity contribution in [2.75, 3.05) is 0 Å². The van der Waals surface area contributed by atoms with Crippen molar-refractivity contribution in [2.45, 2.75) is 52.7 Å². The van der Waals surface area contributed by atoms with Gasteiger partial charge in [-0.1, -0.05) is 0 Å². The minimum Gasteiger partial charge on any atom is -0.391 e. The Balaban J connectivity index is -0.000000126. The summed E-state index contributed by atoms with van der Waals surface area (Å²) in [4.78, 5) is 3.27. The maximum Gasteiger partial charge on any atom is 0.224 e. The molecule has 0 aliphatic rings. The summed E-state index contributed by atoms with van der Waals surface area (Å²) in [6.07, 6.45) is 0. The Kier molecular flexibility index (Phi) is 9.67. The predicted molar refractivity (Wildman–Crippen MR) is 48.3 cm³/mol. The quantitative estimate of drug-likeness (QED) is 0.493. The Hall–Kier alpha value is -0.0305. The van der Waals surface area contributed by atoms with Crippen LogP contribution in [0.2, 0.25) is 0 Å². The molecule has 0 aromatic heterocycles. The monoisotopic (exact) mass is 220 g/mol. The summed E-state index contributed by atoms with van der Waals surface area (Å²) in [6.45, 7) is 17.4. The fourth-order valence-electron chi connectivity index (χ4n) is 0. The SMILES string of the molecule is CC(C)(C)O.[C-]#[N+]C(C)(C)C.[Cu]. The zero-order valence-corrected chi connectivity index (χ0v) is 9.64. The van der Waals surface area contributed by atoms with Gasteiger partial charge in [0.15, 0.2) is 0 Å². The van der Waals surface area contributed by atoms with Gasteiger partial charge in [-0.3, -0.25) is 0 Å². The number of nitrogens with zero attached hydrogens (tertiary/aromatic N) is 1. The van der Waals surface area contributed by atoms with E-state index in [1.807, 2.05) is 20.8 Å². The van der Waals surface area contributed by atoms with E-state index in [0.29, 0.717) is 0 Å². The zero-order valence-electron chi connectivity index (χ0n) is 8.70. The van der Waals surface area contributed by atoms with Crippen LogP contribution in [-0.4, -0.2) is 16.2 Å². The second kappa shape index (κ2) is 6.48. The largest absolute Gasteiger partial charge is 0.391 e. The van der Waals surface area contributed by atoms with Crippen LogP contribution in [0.4, 0.5) is 0 Å². The summed E-state index contributed by atoms with van der Waals surface area (Å²) in [5.41, 5.74) is -0.667. The first kappa shape index (κ1) is 17.9. The average molecular weight is 221 g/mol. The molecule has 0 aromatic rings. The van der Waals surface area contributed by atoms with Gasteiger partial charge in [-0.15, -0.1) is 0 Å². The number of hydrogen-bond donors (Lipinski definition) is 1. The third-order valence-electron chi connectivity index (χ3n) is 0.335. The Bertz CT molecular complexity index is 130. The van der Waals surface area contributed by atoms with E-state index < -0.39 is 5.60 Å². The van der Waals surface area contributed by atoms with E-state index in [2.05, 4.69) is 4.85 Å². The van der Waals surface area contributed by atoms with Crippen LogP contribution in [0, 0.1) is 6.57 Å². The minimum absolute atomic E-state index is 0. The van der Waals surface area contributed by atoms with Gasteiger partial charge in [0.1, 0.15) is 0 Å². The topological polar surface area (TPSA) is 24.6 Å². The fourth-order valence-corrected chi connectivity index (χ4v) is 0. The van der Waals surface area contributed by atoms with E-state index in [4.69, 9.17) is 11.7 Å². The second-order valence-corrected chi connectivity index (χ2v) is 4.45. The van der Waals surface area contributed by atoms with Gasteiger partial charge in [0.2, 0.25) is 5.54 Å². The number of aliphatic hydroxyl groups is 1. The number of rotatable bonds is 0. The van der Waals surface area contributed by atoms with E-state index in [1.165, 1.54) is 0 Å². The third kappa shape index (κ3) is 91.0. The van der Waals surface area contributed by atoms with Crippen molar-refractivity contribution >= 4 is 0 Å². The molecule has 1 radical (unpaired) electrons. The van der Waals surface area contributed by atoms with Crippen molar-refractivity contribution in [1.29, 1.82) is 0 Å². The summed E-state index contributed by atoms with van der Waals surface area (Å²) in [7, 11) is 0. The zero-order chi connectivity index (χ0) is 9.71. The van der Waals surface area contributed by atoms with Gasteiger partial charge in [0.25, 0.3) is 0 Å². The smallest absolute Gasteiger partial charge is 0.224 e. The van der Waals surface area contributed by atoms with Gasteiger partial charge >= 0.3 is 0 Å². The molecule has 3 heteroatoms. The van der Waals surface area contributed by atoms with Gasteiger partial charge in [0, 0.05) is 37.8 Å². The molecular formula is C9H19CuNO. The predicted octanol–water partition coefficient (Wildman–Crippen LogP) is 2.48.